The Morgan fingerprint density at radius 3 is 1.16 bits per heavy atom. The molecule has 6 rings (SSSR count). The molecule has 0 heterocycles. The van der Waals surface area contributed by atoms with Crippen LogP contribution < -0.4 is 0 Å². The minimum atomic E-state index is -0.232. The fourth-order valence-corrected chi connectivity index (χ4v) is 5.98. The molecular formula is C32H32. The van der Waals surface area contributed by atoms with E-state index < -0.39 is 0 Å². The van der Waals surface area contributed by atoms with Gasteiger partial charge in [0.2, 0.25) is 0 Å². The second-order valence-electron chi connectivity index (χ2n) is 9.81. The van der Waals surface area contributed by atoms with Crippen molar-refractivity contribution >= 4 is 0 Å². The van der Waals surface area contributed by atoms with Gasteiger partial charge < -0.3 is 0 Å². The van der Waals surface area contributed by atoms with E-state index in [4.69, 9.17) is 0 Å². The zero-order valence-electron chi connectivity index (χ0n) is 19.3. The van der Waals surface area contributed by atoms with Crippen LogP contribution in [0, 0.1) is 41.5 Å². The highest BCUT2D eigenvalue weighted by Crippen LogP contribution is 2.63. The third-order valence-corrected chi connectivity index (χ3v) is 7.81. The van der Waals surface area contributed by atoms with E-state index in [0.717, 1.165) is 0 Å². The summed E-state index contributed by atoms with van der Waals surface area (Å²) in [5.74, 6) is 0. The zero-order chi connectivity index (χ0) is 21.7. The molecule has 0 amide bonds. The van der Waals surface area contributed by atoms with E-state index in [1.165, 1.54) is 77.9 Å². The molecule has 0 atom stereocenters. The Bertz CT molecular complexity index is 1320. The van der Waals surface area contributed by atoms with Gasteiger partial charge in [-0.05, 0) is 108 Å². The quantitative estimate of drug-likeness (QED) is 0.233. The fourth-order valence-electron chi connectivity index (χ4n) is 5.98. The highest BCUT2D eigenvalue weighted by Gasteiger charge is 2.52. The summed E-state index contributed by atoms with van der Waals surface area (Å²) in [5.41, 5.74) is 19.3. The molecule has 0 nitrogen and oxygen atoms in total. The Morgan fingerprint density at radius 1 is 0.406 bits per heavy atom. The molecule has 0 aromatic heterocycles. The van der Waals surface area contributed by atoms with Gasteiger partial charge in [-0.3, -0.25) is 0 Å². The topological polar surface area (TPSA) is 0 Å². The van der Waals surface area contributed by atoms with Crippen molar-refractivity contribution in [2.24, 2.45) is 0 Å². The highest BCUT2D eigenvalue weighted by atomic mass is 14.5. The number of benzene rings is 4. The third-order valence-electron chi connectivity index (χ3n) is 7.81. The smallest absolute Gasteiger partial charge is 0.0725 e. The first-order valence-corrected chi connectivity index (χ1v) is 11.3. The first-order valence-electron chi connectivity index (χ1n) is 11.3. The van der Waals surface area contributed by atoms with Crippen LogP contribution in [0.4, 0.5) is 0 Å². The van der Waals surface area contributed by atoms with Gasteiger partial charge >= 0.3 is 0 Å². The predicted octanol–water partition coefficient (Wildman–Crippen LogP) is 8.52. The van der Waals surface area contributed by atoms with Crippen LogP contribution >= 0.6 is 0 Å². The maximum atomic E-state index is 2.47. The lowest BCUT2D eigenvalue weighted by Crippen LogP contribution is -2.26. The average Bonchev–Trinajstić information content (AvgIpc) is 3.14. The van der Waals surface area contributed by atoms with Crippen LogP contribution in [-0.4, -0.2) is 0 Å². The maximum Gasteiger partial charge on any atom is 0.0725 e. The van der Waals surface area contributed by atoms with Gasteiger partial charge in [-0.15, -0.1) is 0 Å². The summed E-state index contributed by atoms with van der Waals surface area (Å²) in [6.45, 7) is 13.4. The summed E-state index contributed by atoms with van der Waals surface area (Å²) in [7, 11) is 0. The van der Waals surface area contributed by atoms with Crippen molar-refractivity contribution in [1.29, 1.82) is 0 Å². The van der Waals surface area contributed by atoms with Gasteiger partial charge in [-0.2, -0.15) is 0 Å². The van der Waals surface area contributed by atoms with Crippen molar-refractivity contribution in [1.82, 2.24) is 0 Å². The molecule has 0 aliphatic heterocycles. The second kappa shape index (κ2) is 6.69. The van der Waals surface area contributed by atoms with Crippen molar-refractivity contribution in [3.05, 3.63) is 116 Å². The summed E-state index contributed by atoms with van der Waals surface area (Å²) in [5, 5.41) is 0. The molecule has 2 aliphatic carbocycles. The lowest BCUT2D eigenvalue weighted by molar-refractivity contribution is 0.788. The molecule has 4 aromatic rings. The van der Waals surface area contributed by atoms with Crippen LogP contribution in [0.2, 0.25) is 0 Å². The zero-order valence-corrected chi connectivity index (χ0v) is 19.3. The van der Waals surface area contributed by atoms with Crippen molar-refractivity contribution in [3.8, 4) is 22.3 Å². The molecule has 0 bridgehead atoms. The Morgan fingerprint density at radius 2 is 0.750 bits per heavy atom. The van der Waals surface area contributed by atoms with E-state index in [-0.39, 0.29) is 12.8 Å². The van der Waals surface area contributed by atoms with Crippen molar-refractivity contribution < 1.29 is 0 Å². The number of rotatable bonds is 0. The molecule has 0 heteroatoms. The molecule has 0 saturated heterocycles. The molecule has 4 aromatic carbocycles. The van der Waals surface area contributed by atoms with Crippen LogP contribution in [0.1, 0.15) is 63.1 Å². The van der Waals surface area contributed by atoms with Gasteiger partial charge in [0.15, 0.2) is 0 Å². The molecule has 0 saturated carbocycles. The van der Waals surface area contributed by atoms with Crippen LogP contribution in [0.5, 0.6) is 0 Å². The Hall–Kier alpha value is -3.12. The number of hydrogen-bond acceptors (Lipinski definition) is 0. The molecular weight excluding hydrogens is 384 g/mol. The van der Waals surface area contributed by atoms with Gasteiger partial charge in [0.05, 0.1) is 5.41 Å². The lowest BCUT2D eigenvalue weighted by Gasteiger charge is -2.31. The Balaban J connectivity index is 0.00000216. The van der Waals surface area contributed by atoms with Crippen molar-refractivity contribution in [2.45, 2.75) is 54.4 Å². The summed E-state index contributed by atoms with van der Waals surface area (Å²) >= 11 is 0. The van der Waals surface area contributed by atoms with Crippen molar-refractivity contribution in [3.63, 3.8) is 0 Å². The minimum absolute atomic E-state index is 0. The normalized spacial score (nSPS) is 13.9. The summed E-state index contributed by atoms with van der Waals surface area (Å²) < 4.78 is 0. The molecule has 2 aliphatic rings. The lowest BCUT2D eigenvalue weighted by atomic mass is 9.69. The van der Waals surface area contributed by atoms with Gasteiger partial charge in [0.1, 0.15) is 0 Å². The molecule has 0 N–H and O–H groups in total. The minimum Gasteiger partial charge on any atom is -0.0776 e. The van der Waals surface area contributed by atoms with E-state index in [0.29, 0.717) is 0 Å². The highest BCUT2D eigenvalue weighted by molar-refractivity contribution is 5.95. The van der Waals surface area contributed by atoms with Gasteiger partial charge in [-0.1, -0.05) is 79.2 Å². The van der Waals surface area contributed by atoms with Crippen molar-refractivity contribution in [2.75, 3.05) is 0 Å². The van der Waals surface area contributed by atoms with E-state index in [9.17, 15) is 0 Å². The van der Waals surface area contributed by atoms with Gasteiger partial charge in [0, 0.05) is 0 Å². The number of fused-ring (bicyclic) bond motifs is 10. The molecule has 1 spiro atoms. The first kappa shape index (κ1) is 20.8. The number of hydrogen-bond donors (Lipinski definition) is 0. The van der Waals surface area contributed by atoms with Crippen LogP contribution in [-0.2, 0) is 5.41 Å². The second-order valence-corrected chi connectivity index (χ2v) is 9.81. The van der Waals surface area contributed by atoms with Gasteiger partial charge in [-0.25, -0.2) is 0 Å². The molecule has 0 radical (unpaired) electrons. The third kappa shape index (κ3) is 2.39. The van der Waals surface area contributed by atoms with E-state index >= 15 is 0 Å². The molecule has 160 valence electrons. The van der Waals surface area contributed by atoms with E-state index in [1.807, 2.05) is 0 Å². The summed E-state index contributed by atoms with van der Waals surface area (Å²) in [4.78, 5) is 0. The largest absolute Gasteiger partial charge is 0.0776 e. The summed E-state index contributed by atoms with van der Waals surface area (Å²) in [6.07, 6.45) is 0. The maximum absolute atomic E-state index is 2.47. The van der Waals surface area contributed by atoms with Crippen LogP contribution in [0.3, 0.4) is 0 Å². The fraction of sp³-hybridized carbons (Fsp3) is 0.250. The Labute approximate surface area is 193 Å². The summed E-state index contributed by atoms with van der Waals surface area (Å²) in [6, 6.07) is 23.9. The SMILES string of the molecule is C.Cc1ccc2c(c1)C1(c3cc(C)ccc3-2)c2cc(C)c(C)cc2-c2cc(C)c(C)cc21. The van der Waals surface area contributed by atoms with Crippen LogP contribution in [0.25, 0.3) is 22.3 Å². The Kier molecular flexibility index (Phi) is 4.34. The molecule has 32 heavy (non-hydrogen) atoms. The molecule has 0 fully saturated rings. The molecule has 0 unspecified atom stereocenters. The first-order chi connectivity index (χ1) is 14.8. The van der Waals surface area contributed by atoms with Crippen LogP contribution in [0.15, 0.2) is 60.7 Å². The average molecular weight is 417 g/mol. The number of aryl methyl sites for hydroxylation is 6. The monoisotopic (exact) mass is 416 g/mol. The predicted molar refractivity (Wildman–Crippen MR) is 138 cm³/mol. The van der Waals surface area contributed by atoms with E-state index in [1.54, 1.807) is 0 Å². The standard InChI is InChI=1S/C31H28.CH4/c1-17-7-9-23-24-10-8-18(2)12-28(24)31(27(23)11-17)29-15-21(5)19(3)13-25(29)26-14-20(4)22(6)16-30(26)31;/h7-16H,1-6H3;1H4. The van der Waals surface area contributed by atoms with Gasteiger partial charge in [0.25, 0.3) is 0 Å². The van der Waals surface area contributed by atoms with E-state index in [2.05, 4.69) is 102 Å².